The van der Waals surface area contributed by atoms with Gasteiger partial charge in [-0.15, -0.1) is 0 Å². The minimum Gasteiger partial charge on any atom is -0.348 e. The summed E-state index contributed by atoms with van der Waals surface area (Å²) in [5.74, 6) is -0.0190. The van der Waals surface area contributed by atoms with Crippen molar-refractivity contribution >= 4 is 17.7 Å². The third kappa shape index (κ3) is 3.57. The summed E-state index contributed by atoms with van der Waals surface area (Å²) in [4.78, 5) is 32.8. The van der Waals surface area contributed by atoms with Crippen LogP contribution in [0.25, 0.3) is 11.3 Å². The summed E-state index contributed by atoms with van der Waals surface area (Å²) in [5, 5.41) is 0.140. The SMILES string of the molecule is Cc1c(-c2ccccc2)nc(S[C@H](C)C(=O)N(C)C)[nH]c1=O. The second-order valence-electron chi connectivity index (χ2n) is 5.20. The van der Waals surface area contributed by atoms with Crippen molar-refractivity contribution in [1.82, 2.24) is 14.9 Å². The fourth-order valence-corrected chi connectivity index (χ4v) is 2.97. The summed E-state index contributed by atoms with van der Waals surface area (Å²) in [6, 6.07) is 9.56. The molecule has 2 aromatic rings. The van der Waals surface area contributed by atoms with Crippen LogP contribution in [0.15, 0.2) is 40.3 Å². The highest BCUT2D eigenvalue weighted by molar-refractivity contribution is 8.00. The van der Waals surface area contributed by atoms with Crippen LogP contribution in [0.5, 0.6) is 0 Å². The third-order valence-electron chi connectivity index (χ3n) is 3.25. The van der Waals surface area contributed by atoms with E-state index in [4.69, 9.17) is 0 Å². The van der Waals surface area contributed by atoms with Gasteiger partial charge in [-0.05, 0) is 13.8 Å². The van der Waals surface area contributed by atoms with Crippen LogP contribution in [-0.4, -0.2) is 40.1 Å². The van der Waals surface area contributed by atoms with Crippen LogP contribution in [0.3, 0.4) is 0 Å². The van der Waals surface area contributed by atoms with Gasteiger partial charge in [0.15, 0.2) is 5.16 Å². The molecule has 0 saturated carbocycles. The zero-order valence-corrected chi connectivity index (χ0v) is 13.9. The summed E-state index contributed by atoms with van der Waals surface area (Å²) in [6.45, 7) is 3.55. The minimum absolute atomic E-state index is 0.0190. The van der Waals surface area contributed by atoms with E-state index < -0.39 is 0 Å². The highest BCUT2D eigenvalue weighted by atomic mass is 32.2. The fraction of sp³-hybridized carbons (Fsp3) is 0.312. The zero-order valence-electron chi connectivity index (χ0n) is 13.1. The molecule has 1 N–H and O–H groups in total. The monoisotopic (exact) mass is 317 g/mol. The van der Waals surface area contributed by atoms with E-state index in [9.17, 15) is 9.59 Å². The molecule has 0 aliphatic rings. The maximum absolute atomic E-state index is 12.1. The van der Waals surface area contributed by atoms with E-state index in [0.717, 1.165) is 5.56 Å². The number of hydrogen-bond acceptors (Lipinski definition) is 4. The Morgan fingerprint density at radius 3 is 2.50 bits per heavy atom. The molecule has 6 heteroatoms. The van der Waals surface area contributed by atoms with Crippen molar-refractivity contribution < 1.29 is 4.79 Å². The van der Waals surface area contributed by atoms with E-state index >= 15 is 0 Å². The zero-order chi connectivity index (χ0) is 16.3. The van der Waals surface area contributed by atoms with E-state index in [1.165, 1.54) is 16.7 Å². The average molecular weight is 317 g/mol. The van der Waals surface area contributed by atoms with Crippen LogP contribution in [0.2, 0.25) is 0 Å². The van der Waals surface area contributed by atoms with Crippen molar-refractivity contribution in [2.75, 3.05) is 14.1 Å². The lowest BCUT2D eigenvalue weighted by Gasteiger charge is -2.16. The van der Waals surface area contributed by atoms with Crippen molar-refractivity contribution in [2.24, 2.45) is 0 Å². The quantitative estimate of drug-likeness (QED) is 0.694. The number of aromatic amines is 1. The number of nitrogens with one attached hydrogen (secondary N) is 1. The van der Waals surface area contributed by atoms with Crippen molar-refractivity contribution in [1.29, 1.82) is 0 Å². The van der Waals surface area contributed by atoms with Gasteiger partial charge in [0, 0.05) is 25.2 Å². The van der Waals surface area contributed by atoms with Crippen molar-refractivity contribution in [2.45, 2.75) is 24.3 Å². The molecule has 0 fully saturated rings. The summed E-state index contributed by atoms with van der Waals surface area (Å²) in [7, 11) is 3.42. The van der Waals surface area contributed by atoms with Crippen molar-refractivity contribution in [3.63, 3.8) is 0 Å². The molecule has 0 radical (unpaired) electrons. The molecule has 1 atom stereocenters. The maximum atomic E-state index is 12.1. The number of rotatable bonds is 4. The molecule has 0 aliphatic carbocycles. The molecular weight excluding hydrogens is 298 g/mol. The van der Waals surface area contributed by atoms with E-state index in [0.29, 0.717) is 16.4 Å². The van der Waals surface area contributed by atoms with Gasteiger partial charge in [-0.1, -0.05) is 42.1 Å². The molecule has 1 amide bonds. The highest BCUT2D eigenvalue weighted by Gasteiger charge is 2.18. The van der Waals surface area contributed by atoms with Gasteiger partial charge in [0.05, 0.1) is 10.9 Å². The topological polar surface area (TPSA) is 66.1 Å². The first kappa shape index (κ1) is 16.3. The smallest absolute Gasteiger partial charge is 0.255 e. The summed E-state index contributed by atoms with van der Waals surface area (Å²) >= 11 is 1.25. The fourth-order valence-electron chi connectivity index (χ4n) is 2.03. The first-order valence-corrected chi connectivity index (χ1v) is 7.82. The Kier molecular flexibility index (Phi) is 5.03. The Morgan fingerprint density at radius 2 is 1.91 bits per heavy atom. The number of hydrogen-bond donors (Lipinski definition) is 1. The largest absolute Gasteiger partial charge is 0.348 e. The highest BCUT2D eigenvalue weighted by Crippen LogP contribution is 2.24. The Morgan fingerprint density at radius 1 is 1.27 bits per heavy atom. The second-order valence-corrected chi connectivity index (χ2v) is 6.53. The van der Waals surface area contributed by atoms with Crippen LogP contribution in [0.4, 0.5) is 0 Å². The predicted molar refractivity (Wildman–Crippen MR) is 89.0 cm³/mol. The molecule has 5 nitrogen and oxygen atoms in total. The number of nitrogens with zero attached hydrogens (tertiary/aromatic N) is 2. The van der Waals surface area contributed by atoms with Gasteiger partial charge in [0.1, 0.15) is 0 Å². The Bertz CT molecular complexity index is 726. The minimum atomic E-state index is -0.315. The molecule has 1 heterocycles. The summed E-state index contributed by atoms with van der Waals surface area (Å²) < 4.78 is 0. The van der Waals surface area contributed by atoms with Crippen LogP contribution >= 0.6 is 11.8 Å². The number of carbonyl (C=O) groups is 1. The molecule has 1 aromatic carbocycles. The maximum Gasteiger partial charge on any atom is 0.255 e. The van der Waals surface area contributed by atoms with Gasteiger partial charge >= 0.3 is 0 Å². The van der Waals surface area contributed by atoms with Gasteiger partial charge in [-0.3, -0.25) is 9.59 Å². The third-order valence-corrected chi connectivity index (χ3v) is 4.23. The molecule has 0 spiro atoms. The second kappa shape index (κ2) is 6.79. The molecular formula is C16H19N3O2S. The number of amides is 1. The Balaban J connectivity index is 2.37. The molecule has 22 heavy (non-hydrogen) atoms. The first-order valence-electron chi connectivity index (χ1n) is 6.94. The number of benzene rings is 1. The van der Waals surface area contributed by atoms with E-state index in [1.54, 1.807) is 27.9 Å². The van der Waals surface area contributed by atoms with Crippen LogP contribution in [-0.2, 0) is 4.79 Å². The molecule has 0 bridgehead atoms. The molecule has 0 saturated heterocycles. The lowest BCUT2D eigenvalue weighted by atomic mass is 10.1. The first-order chi connectivity index (χ1) is 10.4. The van der Waals surface area contributed by atoms with Gasteiger partial charge < -0.3 is 9.88 Å². The Hall–Kier alpha value is -2.08. The average Bonchev–Trinajstić information content (AvgIpc) is 2.50. The molecule has 0 aliphatic heterocycles. The van der Waals surface area contributed by atoms with Gasteiger partial charge in [-0.2, -0.15) is 0 Å². The van der Waals surface area contributed by atoms with Gasteiger partial charge in [0.2, 0.25) is 5.91 Å². The predicted octanol–water partition coefficient (Wildman–Crippen LogP) is 2.31. The summed E-state index contributed by atoms with van der Waals surface area (Å²) in [6.07, 6.45) is 0. The van der Waals surface area contributed by atoms with Crippen LogP contribution in [0, 0.1) is 6.92 Å². The van der Waals surface area contributed by atoms with Crippen LogP contribution in [0.1, 0.15) is 12.5 Å². The number of carbonyl (C=O) groups excluding carboxylic acids is 1. The van der Waals surface area contributed by atoms with Crippen molar-refractivity contribution in [3.8, 4) is 11.3 Å². The lowest BCUT2D eigenvalue weighted by molar-refractivity contribution is -0.127. The molecule has 0 unspecified atom stereocenters. The molecule has 1 aromatic heterocycles. The van der Waals surface area contributed by atoms with Gasteiger partial charge in [0.25, 0.3) is 5.56 Å². The lowest BCUT2D eigenvalue weighted by Crippen LogP contribution is -2.30. The number of H-pyrrole nitrogens is 1. The molecule has 116 valence electrons. The molecule has 2 rings (SSSR count). The van der Waals surface area contributed by atoms with E-state index in [-0.39, 0.29) is 16.7 Å². The Labute approximate surface area is 133 Å². The van der Waals surface area contributed by atoms with Gasteiger partial charge in [-0.25, -0.2) is 4.98 Å². The van der Waals surface area contributed by atoms with Crippen LogP contribution < -0.4 is 5.56 Å². The standard InChI is InChI=1S/C16H19N3O2S/c1-10-13(12-8-6-5-7-9-12)17-16(18-14(10)20)22-11(2)15(21)19(3)4/h5-9,11H,1-4H3,(H,17,18,20)/t11-/m1/s1. The van der Waals surface area contributed by atoms with Crippen molar-refractivity contribution in [3.05, 3.63) is 46.2 Å². The van der Waals surface area contributed by atoms with E-state index in [2.05, 4.69) is 9.97 Å². The summed E-state index contributed by atoms with van der Waals surface area (Å²) in [5.41, 5.74) is 1.93. The number of thioether (sulfide) groups is 1. The normalized spacial score (nSPS) is 12.0. The number of aromatic nitrogens is 2. The van der Waals surface area contributed by atoms with E-state index in [1.807, 2.05) is 30.3 Å².